The molecule has 0 aliphatic rings. The first-order valence-electron chi connectivity index (χ1n) is 7.08. The minimum Gasteiger partial charge on any atom is -0.346 e. The van der Waals surface area contributed by atoms with Crippen LogP contribution in [0.4, 0.5) is 10.8 Å². The molecule has 9 heteroatoms. The predicted octanol–water partition coefficient (Wildman–Crippen LogP) is 2.51. The van der Waals surface area contributed by atoms with Gasteiger partial charge in [0.1, 0.15) is 0 Å². The first-order valence-corrected chi connectivity index (χ1v) is 8.27. The van der Waals surface area contributed by atoms with Crippen LogP contribution in [0.25, 0.3) is 0 Å². The van der Waals surface area contributed by atoms with Crippen molar-refractivity contribution in [3.05, 3.63) is 40.4 Å². The fourth-order valence-corrected chi connectivity index (χ4v) is 2.67. The second-order valence-corrected chi connectivity index (χ2v) is 6.38. The van der Waals surface area contributed by atoms with E-state index in [4.69, 9.17) is 11.6 Å². The molecule has 0 bridgehead atoms. The van der Waals surface area contributed by atoms with Crippen LogP contribution in [0.15, 0.2) is 35.4 Å². The third-order valence-electron chi connectivity index (χ3n) is 2.61. The number of anilines is 2. The highest BCUT2D eigenvalue weighted by Gasteiger charge is 2.13. The SMILES string of the molecule is CC(C)NC(=O)C(=O)N/N=C/c1sc(Nc2ccccc2)nc1Cl. The van der Waals surface area contributed by atoms with Gasteiger partial charge in [-0.05, 0) is 26.0 Å². The van der Waals surface area contributed by atoms with E-state index in [-0.39, 0.29) is 11.2 Å². The number of amides is 2. The van der Waals surface area contributed by atoms with Gasteiger partial charge in [0.2, 0.25) is 0 Å². The average Bonchev–Trinajstić information content (AvgIpc) is 2.87. The molecular formula is C15H16ClN5O2S. The van der Waals surface area contributed by atoms with Crippen LogP contribution < -0.4 is 16.1 Å². The molecule has 0 atom stereocenters. The van der Waals surface area contributed by atoms with E-state index in [0.717, 1.165) is 5.69 Å². The molecule has 0 aliphatic carbocycles. The van der Waals surface area contributed by atoms with E-state index < -0.39 is 11.8 Å². The number of thiazole rings is 1. The van der Waals surface area contributed by atoms with Crippen molar-refractivity contribution in [3.8, 4) is 0 Å². The number of nitrogens with one attached hydrogen (secondary N) is 3. The van der Waals surface area contributed by atoms with Crippen molar-refractivity contribution in [1.29, 1.82) is 0 Å². The Hall–Kier alpha value is -2.45. The van der Waals surface area contributed by atoms with E-state index >= 15 is 0 Å². The largest absolute Gasteiger partial charge is 0.346 e. The Morgan fingerprint density at radius 1 is 1.25 bits per heavy atom. The minimum absolute atomic E-state index is 0.130. The monoisotopic (exact) mass is 365 g/mol. The van der Waals surface area contributed by atoms with Gasteiger partial charge in [0.25, 0.3) is 0 Å². The quantitative estimate of drug-likeness (QED) is 0.431. The summed E-state index contributed by atoms with van der Waals surface area (Å²) in [7, 11) is 0. The molecule has 1 heterocycles. The molecule has 24 heavy (non-hydrogen) atoms. The van der Waals surface area contributed by atoms with Gasteiger partial charge in [0.05, 0.1) is 11.1 Å². The summed E-state index contributed by atoms with van der Waals surface area (Å²) in [5, 5.41) is 10.1. The molecule has 126 valence electrons. The second kappa shape index (κ2) is 8.42. The zero-order chi connectivity index (χ0) is 17.5. The molecule has 0 fully saturated rings. The predicted molar refractivity (Wildman–Crippen MR) is 95.9 cm³/mol. The number of aromatic nitrogens is 1. The van der Waals surface area contributed by atoms with Gasteiger partial charge in [-0.15, -0.1) is 0 Å². The summed E-state index contributed by atoms with van der Waals surface area (Å²) in [5.74, 6) is -1.59. The minimum atomic E-state index is -0.844. The normalized spacial score (nSPS) is 10.8. The fourth-order valence-electron chi connectivity index (χ4n) is 1.62. The first-order chi connectivity index (χ1) is 11.5. The third-order valence-corrected chi connectivity index (χ3v) is 3.91. The molecule has 0 saturated heterocycles. The Balaban J connectivity index is 1.95. The van der Waals surface area contributed by atoms with E-state index in [1.54, 1.807) is 13.8 Å². The van der Waals surface area contributed by atoms with Crippen molar-refractivity contribution in [2.75, 3.05) is 5.32 Å². The van der Waals surface area contributed by atoms with Gasteiger partial charge in [-0.1, -0.05) is 41.1 Å². The lowest BCUT2D eigenvalue weighted by Crippen LogP contribution is -2.41. The van der Waals surface area contributed by atoms with Crippen LogP contribution in [-0.4, -0.2) is 29.1 Å². The van der Waals surface area contributed by atoms with Gasteiger partial charge in [-0.3, -0.25) is 9.59 Å². The Morgan fingerprint density at radius 3 is 2.62 bits per heavy atom. The second-order valence-electron chi connectivity index (χ2n) is 4.99. The molecule has 2 amide bonds. The number of carbonyl (C=O) groups excluding carboxylic acids is 2. The number of nitrogens with zero attached hydrogens (tertiary/aromatic N) is 2. The van der Waals surface area contributed by atoms with Crippen molar-refractivity contribution < 1.29 is 9.59 Å². The molecule has 0 radical (unpaired) electrons. The number of rotatable bonds is 5. The standard InChI is InChI=1S/C15H16ClN5O2S/c1-9(2)18-13(22)14(23)21-17-8-11-12(16)20-15(24-11)19-10-6-4-3-5-7-10/h3-9H,1-2H3,(H,18,22)(H,19,20)(H,21,23)/b17-8+. The van der Waals surface area contributed by atoms with Crippen molar-refractivity contribution in [3.63, 3.8) is 0 Å². The molecule has 0 spiro atoms. The van der Waals surface area contributed by atoms with E-state index in [0.29, 0.717) is 10.0 Å². The lowest BCUT2D eigenvalue weighted by molar-refractivity contribution is -0.139. The maximum Gasteiger partial charge on any atom is 0.329 e. The number of benzene rings is 1. The van der Waals surface area contributed by atoms with Crippen LogP contribution in [0.5, 0.6) is 0 Å². The Kier molecular flexibility index (Phi) is 6.28. The highest BCUT2D eigenvalue weighted by Crippen LogP contribution is 2.27. The Labute approximate surface area is 148 Å². The summed E-state index contributed by atoms with van der Waals surface area (Å²) in [5.41, 5.74) is 3.02. The highest BCUT2D eigenvalue weighted by atomic mass is 35.5. The Bertz CT molecular complexity index is 746. The molecule has 0 saturated carbocycles. The van der Waals surface area contributed by atoms with Gasteiger partial charge < -0.3 is 10.6 Å². The smallest absolute Gasteiger partial charge is 0.329 e. The summed E-state index contributed by atoms with van der Waals surface area (Å²) in [6, 6.07) is 9.38. The van der Waals surface area contributed by atoms with Gasteiger partial charge in [-0.2, -0.15) is 5.10 Å². The van der Waals surface area contributed by atoms with Crippen molar-refractivity contribution in [2.45, 2.75) is 19.9 Å². The molecule has 0 aliphatic heterocycles. The van der Waals surface area contributed by atoms with Crippen LogP contribution in [0.2, 0.25) is 5.15 Å². The molecule has 2 rings (SSSR count). The molecule has 7 nitrogen and oxygen atoms in total. The summed E-state index contributed by atoms with van der Waals surface area (Å²) in [6.45, 7) is 3.51. The number of hydrazone groups is 1. The zero-order valence-corrected chi connectivity index (χ0v) is 14.6. The van der Waals surface area contributed by atoms with E-state index in [9.17, 15) is 9.59 Å². The first kappa shape index (κ1) is 17.9. The van der Waals surface area contributed by atoms with Gasteiger partial charge in [0.15, 0.2) is 10.3 Å². The van der Waals surface area contributed by atoms with Crippen LogP contribution in [0.1, 0.15) is 18.7 Å². The summed E-state index contributed by atoms with van der Waals surface area (Å²) in [4.78, 5) is 27.7. The molecule has 1 aromatic heterocycles. The lowest BCUT2D eigenvalue weighted by atomic mass is 10.3. The van der Waals surface area contributed by atoms with Crippen LogP contribution in [0.3, 0.4) is 0 Å². The summed E-state index contributed by atoms with van der Waals surface area (Å²) < 4.78 is 0. The maximum absolute atomic E-state index is 11.5. The van der Waals surface area contributed by atoms with Crippen molar-refractivity contribution in [1.82, 2.24) is 15.7 Å². The molecular weight excluding hydrogens is 350 g/mol. The zero-order valence-electron chi connectivity index (χ0n) is 13.0. The van der Waals surface area contributed by atoms with Crippen LogP contribution >= 0.6 is 22.9 Å². The number of hydrogen-bond donors (Lipinski definition) is 3. The summed E-state index contributed by atoms with van der Waals surface area (Å²) in [6.07, 6.45) is 1.34. The van der Waals surface area contributed by atoms with E-state index in [1.807, 2.05) is 30.3 Å². The summed E-state index contributed by atoms with van der Waals surface area (Å²) >= 11 is 7.30. The fraction of sp³-hybridized carbons (Fsp3) is 0.200. The van der Waals surface area contributed by atoms with Crippen molar-refractivity contribution in [2.24, 2.45) is 5.10 Å². The highest BCUT2D eigenvalue weighted by molar-refractivity contribution is 7.17. The van der Waals surface area contributed by atoms with Gasteiger partial charge in [-0.25, -0.2) is 10.4 Å². The molecule has 2 aromatic rings. The third kappa shape index (κ3) is 5.32. The number of carbonyl (C=O) groups is 2. The molecule has 3 N–H and O–H groups in total. The number of para-hydroxylation sites is 1. The average molecular weight is 366 g/mol. The van der Waals surface area contributed by atoms with Crippen LogP contribution in [0, 0.1) is 0 Å². The molecule has 0 unspecified atom stereocenters. The van der Waals surface area contributed by atoms with E-state index in [1.165, 1.54) is 17.6 Å². The van der Waals surface area contributed by atoms with Crippen LogP contribution in [-0.2, 0) is 9.59 Å². The van der Waals surface area contributed by atoms with Gasteiger partial charge in [0, 0.05) is 11.7 Å². The van der Waals surface area contributed by atoms with Gasteiger partial charge >= 0.3 is 11.8 Å². The topological polar surface area (TPSA) is 95.5 Å². The number of halogens is 1. The lowest BCUT2D eigenvalue weighted by Gasteiger charge is -2.05. The van der Waals surface area contributed by atoms with Crippen molar-refractivity contribution >= 4 is 51.8 Å². The maximum atomic E-state index is 11.5. The number of hydrogen-bond acceptors (Lipinski definition) is 6. The molecule has 1 aromatic carbocycles. The Morgan fingerprint density at radius 2 is 1.96 bits per heavy atom. The van der Waals surface area contributed by atoms with E-state index in [2.05, 4.69) is 26.1 Å².